The molecule has 0 saturated carbocycles. The molecule has 3 aromatic rings. The van der Waals surface area contributed by atoms with Crippen molar-refractivity contribution in [2.75, 3.05) is 0 Å². The van der Waals surface area contributed by atoms with Gasteiger partial charge >= 0.3 is 0 Å². The summed E-state index contributed by atoms with van der Waals surface area (Å²) in [6, 6.07) is 18.2. The summed E-state index contributed by atoms with van der Waals surface area (Å²) in [6.45, 7) is 4.92. The molecule has 6 heteroatoms. The van der Waals surface area contributed by atoms with Crippen LogP contribution in [0.3, 0.4) is 0 Å². The fourth-order valence-corrected chi connectivity index (χ4v) is 3.72. The number of aromatic nitrogens is 3. The number of ether oxygens (including phenoxy) is 1. The lowest BCUT2D eigenvalue weighted by atomic mass is 10.2. The van der Waals surface area contributed by atoms with Crippen molar-refractivity contribution in [3.8, 4) is 5.75 Å². The van der Waals surface area contributed by atoms with Crippen LogP contribution in [-0.2, 0) is 12.3 Å². The van der Waals surface area contributed by atoms with E-state index < -0.39 is 0 Å². The second-order valence-corrected chi connectivity index (χ2v) is 7.43. The fourth-order valence-electron chi connectivity index (χ4n) is 2.49. The number of benzene rings is 2. The quantitative estimate of drug-likeness (QED) is 0.476. The highest BCUT2D eigenvalue weighted by Crippen LogP contribution is 2.26. The van der Waals surface area contributed by atoms with Crippen LogP contribution in [0, 0.1) is 0 Å². The molecule has 0 saturated heterocycles. The van der Waals surface area contributed by atoms with Gasteiger partial charge in [-0.1, -0.05) is 58.0 Å². The highest BCUT2D eigenvalue weighted by atomic mass is 79.9. The smallest absolute Gasteiger partial charge is 0.191 e. The summed E-state index contributed by atoms with van der Waals surface area (Å²) in [7, 11) is 0. The predicted molar refractivity (Wildman–Crippen MR) is 105 cm³/mol. The minimum Gasteiger partial charge on any atom is -0.483 e. The second kappa shape index (κ2) is 8.54. The Morgan fingerprint density at radius 2 is 1.80 bits per heavy atom. The molecular formula is C19H20BrN3OS. The molecule has 1 heterocycles. The zero-order chi connectivity index (χ0) is 17.6. The SMILES string of the molecule is CCn1c(SCc2ccc(Br)cc2)nnc1C(C)Oc1ccccc1. The van der Waals surface area contributed by atoms with Crippen LogP contribution in [0.5, 0.6) is 5.75 Å². The topological polar surface area (TPSA) is 39.9 Å². The minimum absolute atomic E-state index is 0.156. The maximum Gasteiger partial charge on any atom is 0.191 e. The Labute approximate surface area is 160 Å². The maximum absolute atomic E-state index is 5.99. The number of hydrogen-bond donors (Lipinski definition) is 0. The Kier molecular flexibility index (Phi) is 6.15. The molecule has 1 atom stereocenters. The molecule has 25 heavy (non-hydrogen) atoms. The van der Waals surface area contributed by atoms with Gasteiger partial charge in [0.15, 0.2) is 17.1 Å². The van der Waals surface area contributed by atoms with E-state index in [1.807, 2.05) is 37.3 Å². The standard InChI is InChI=1S/C19H20BrN3OS/c1-3-23-18(14(2)24-17-7-5-4-6-8-17)21-22-19(23)25-13-15-9-11-16(20)12-10-15/h4-12,14H,3,13H2,1-2H3. The van der Waals surface area contributed by atoms with Crippen LogP contribution in [-0.4, -0.2) is 14.8 Å². The molecular weight excluding hydrogens is 398 g/mol. The Morgan fingerprint density at radius 3 is 2.48 bits per heavy atom. The zero-order valence-corrected chi connectivity index (χ0v) is 16.6. The van der Waals surface area contributed by atoms with Gasteiger partial charge in [0, 0.05) is 16.8 Å². The molecule has 0 fully saturated rings. The number of para-hydroxylation sites is 1. The van der Waals surface area contributed by atoms with E-state index in [2.05, 4.69) is 61.9 Å². The Hall–Kier alpha value is -1.79. The molecule has 1 aromatic heterocycles. The lowest BCUT2D eigenvalue weighted by molar-refractivity contribution is 0.210. The van der Waals surface area contributed by atoms with Gasteiger partial charge in [0.2, 0.25) is 0 Å². The zero-order valence-electron chi connectivity index (χ0n) is 14.2. The molecule has 4 nitrogen and oxygen atoms in total. The lowest BCUT2D eigenvalue weighted by Gasteiger charge is -2.15. The summed E-state index contributed by atoms with van der Waals surface area (Å²) in [5.74, 6) is 2.55. The van der Waals surface area contributed by atoms with Crippen LogP contribution in [0.25, 0.3) is 0 Å². The van der Waals surface area contributed by atoms with Crippen molar-refractivity contribution >= 4 is 27.7 Å². The van der Waals surface area contributed by atoms with Crippen LogP contribution >= 0.6 is 27.7 Å². The molecule has 1 unspecified atom stereocenters. The highest BCUT2D eigenvalue weighted by molar-refractivity contribution is 9.10. The van der Waals surface area contributed by atoms with Crippen molar-refractivity contribution < 1.29 is 4.74 Å². The van der Waals surface area contributed by atoms with Gasteiger partial charge in [-0.25, -0.2) is 0 Å². The van der Waals surface area contributed by atoms with Crippen LogP contribution in [0.1, 0.15) is 31.3 Å². The summed E-state index contributed by atoms with van der Waals surface area (Å²) in [6.07, 6.45) is -0.156. The van der Waals surface area contributed by atoms with Gasteiger partial charge in [0.25, 0.3) is 0 Å². The normalized spacial score (nSPS) is 12.1. The van der Waals surface area contributed by atoms with E-state index in [0.717, 1.165) is 33.5 Å². The van der Waals surface area contributed by atoms with Gasteiger partial charge in [0.1, 0.15) is 5.75 Å². The van der Waals surface area contributed by atoms with Gasteiger partial charge in [-0.2, -0.15) is 0 Å². The molecule has 0 N–H and O–H groups in total. The highest BCUT2D eigenvalue weighted by Gasteiger charge is 2.18. The average Bonchev–Trinajstić information content (AvgIpc) is 3.05. The minimum atomic E-state index is -0.156. The Morgan fingerprint density at radius 1 is 1.08 bits per heavy atom. The van der Waals surface area contributed by atoms with E-state index in [1.165, 1.54) is 5.56 Å². The number of nitrogens with zero attached hydrogens (tertiary/aromatic N) is 3. The summed E-state index contributed by atoms with van der Waals surface area (Å²) in [5.41, 5.74) is 1.26. The van der Waals surface area contributed by atoms with Gasteiger partial charge in [-0.15, -0.1) is 10.2 Å². The number of rotatable bonds is 7. The monoisotopic (exact) mass is 417 g/mol. The number of halogens is 1. The average molecular weight is 418 g/mol. The van der Waals surface area contributed by atoms with Crippen LogP contribution in [0.4, 0.5) is 0 Å². The maximum atomic E-state index is 5.99. The van der Waals surface area contributed by atoms with Crippen molar-refractivity contribution in [3.63, 3.8) is 0 Å². The van der Waals surface area contributed by atoms with Gasteiger partial charge < -0.3 is 9.30 Å². The molecule has 0 aliphatic carbocycles. The predicted octanol–water partition coefficient (Wildman–Crippen LogP) is 5.49. The van der Waals surface area contributed by atoms with Gasteiger partial charge in [0.05, 0.1) is 0 Å². The lowest BCUT2D eigenvalue weighted by Crippen LogP contribution is -2.11. The van der Waals surface area contributed by atoms with E-state index in [0.29, 0.717) is 0 Å². The molecule has 0 bridgehead atoms. The van der Waals surface area contributed by atoms with E-state index in [9.17, 15) is 0 Å². The number of hydrogen-bond acceptors (Lipinski definition) is 4. The molecule has 0 aliphatic heterocycles. The first-order chi connectivity index (χ1) is 12.2. The van der Waals surface area contributed by atoms with Crippen molar-refractivity contribution in [1.29, 1.82) is 0 Å². The third kappa shape index (κ3) is 4.64. The van der Waals surface area contributed by atoms with Crippen LogP contribution < -0.4 is 4.74 Å². The van der Waals surface area contributed by atoms with Crippen molar-refractivity contribution in [2.45, 2.75) is 37.4 Å². The fraction of sp³-hybridized carbons (Fsp3) is 0.263. The van der Waals surface area contributed by atoms with Crippen LogP contribution in [0.2, 0.25) is 0 Å². The van der Waals surface area contributed by atoms with E-state index in [1.54, 1.807) is 11.8 Å². The molecule has 130 valence electrons. The molecule has 0 aliphatic rings. The molecule has 0 spiro atoms. The summed E-state index contributed by atoms with van der Waals surface area (Å²) in [4.78, 5) is 0. The van der Waals surface area contributed by atoms with Crippen LogP contribution in [0.15, 0.2) is 64.2 Å². The molecule has 0 radical (unpaired) electrons. The first-order valence-corrected chi connectivity index (χ1v) is 9.97. The van der Waals surface area contributed by atoms with Gasteiger partial charge in [-0.05, 0) is 43.7 Å². The third-order valence-electron chi connectivity index (χ3n) is 3.76. The first kappa shape index (κ1) is 18.0. The van der Waals surface area contributed by atoms with E-state index in [-0.39, 0.29) is 6.10 Å². The molecule has 2 aromatic carbocycles. The van der Waals surface area contributed by atoms with Crippen molar-refractivity contribution in [3.05, 3.63) is 70.5 Å². The van der Waals surface area contributed by atoms with Crippen molar-refractivity contribution in [1.82, 2.24) is 14.8 Å². The largest absolute Gasteiger partial charge is 0.483 e. The number of thioether (sulfide) groups is 1. The van der Waals surface area contributed by atoms with Gasteiger partial charge in [-0.3, -0.25) is 0 Å². The Bertz CT molecular complexity index is 805. The van der Waals surface area contributed by atoms with E-state index >= 15 is 0 Å². The summed E-state index contributed by atoms with van der Waals surface area (Å²) in [5, 5.41) is 9.66. The summed E-state index contributed by atoms with van der Waals surface area (Å²) < 4.78 is 9.21. The first-order valence-electron chi connectivity index (χ1n) is 8.19. The summed E-state index contributed by atoms with van der Waals surface area (Å²) >= 11 is 5.16. The Balaban J connectivity index is 1.70. The van der Waals surface area contributed by atoms with E-state index in [4.69, 9.17) is 4.74 Å². The molecule has 0 amide bonds. The third-order valence-corrected chi connectivity index (χ3v) is 5.33. The second-order valence-electron chi connectivity index (χ2n) is 5.57. The van der Waals surface area contributed by atoms with Crippen molar-refractivity contribution in [2.24, 2.45) is 0 Å². The molecule has 3 rings (SSSR count).